The highest BCUT2D eigenvalue weighted by Gasteiger charge is 2.26. The van der Waals surface area contributed by atoms with Crippen LogP contribution in [0.2, 0.25) is 5.02 Å². The van der Waals surface area contributed by atoms with Crippen LogP contribution in [0.15, 0.2) is 29.2 Å². The number of sulfonamides is 1. The lowest BCUT2D eigenvalue weighted by atomic mass is 10.2. The zero-order chi connectivity index (χ0) is 15.8. The van der Waals surface area contributed by atoms with Crippen LogP contribution >= 0.6 is 11.6 Å². The fraction of sp³-hybridized carbons (Fsp3) is 0.357. The zero-order valence-corrected chi connectivity index (χ0v) is 14.0. The second kappa shape index (κ2) is 5.79. The van der Waals surface area contributed by atoms with E-state index in [9.17, 15) is 8.42 Å². The molecule has 1 heterocycles. The molecule has 1 aromatic carbocycles. The molecule has 114 valence electrons. The minimum atomic E-state index is -3.49. The van der Waals surface area contributed by atoms with Gasteiger partial charge in [0.15, 0.2) is 0 Å². The molecule has 1 aromatic heterocycles. The Morgan fingerprint density at radius 3 is 2.29 bits per heavy atom. The van der Waals surface area contributed by atoms with Crippen LogP contribution in [0, 0.1) is 13.8 Å². The van der Waals surface area contributed by atoms with Crippen LogP contribution < -0.4 is 0 Å². The van der Waals surface area contributed by atoms with E-state index in [2.05, 4.69) is 5.10 Å². The Morgan fingerprint density at radius 1 is 1.19 bits per heavy atom. The van der Waals surface area contributed by atoms with Crippen LogP contribution in [-0.4, -0.2) is 36.6 Å². The normalized spacial score (nSPS) is 12.1. The summed E-state index contributed by atoms with van der Waals surface area (Å²) < 4.78 is 27.6. The summed E-state index contributed by atoms with van der Waals surface area (Å²) in [6.45, 7) is 3.99. The maximum absolute atomic E-state index is 12.3. The van der Waals surface area contributed by atoms with E-state index in [0.29, 0.717) is 23.0 Å². The molecule has 2 aromatic rings. The number of benzene rings is 1. The van der Waals surface area contributed by atoms with Gasteiger partial charge in [0.2, 0.25) is 10.0 Å². The Balaban J connectivity index is 2.42. The van der Waals surface area contributed by atoms with Crippen molar-refractivity contribution in [1.29, 1.82) is 0 Å². The third kappa shape index (κ3) is 3.12. The average molecular weight is 328 g/mol. The molecule has 0 bridgehead atoms. The van der Waals surface area contributed by atoms with Crippen molar-refractivity contribution in [2.45, 2.75) is 25.3 Å². The lowest BCUT2D eigenvalue weighted by Gasteiger charge is -2.11. The molecule has 0 fully saturated rings. The summed E-state index contributed by atoms with van der Waals surface area (Å²) in [4.78, 5) is 0.279. The van der Waals surface area contributed by atoms with Crippen LogP contribution in [-0.2, 0) is 16.6 Å². The van der Waals surface area contributed by atoms with Crippen molar-refractivity contribution in [1.82, 2.24) is 14.1 Å². The van der Waals surface area contributed by atoms with E-state index >= 15 is 0 Å². The third-order valence-electron chi connectivity index (χ3n) is 3.30. The van der Waals surface area contributed by atoms with Gasteiger partial charge < -0.3 is 0 Å². The van der Waals surface area contributed by atoms with Crippen LogP contribution in [0.25, 0.3) is 0 Å². The van der Waals surface area contributed by atoms with Crippen LogP contribution in [0.5, 0.6) is 0 Å². The van der Waals surface area contributed by atoms with Crippen molar-refractivity contribution >= 4 is 21.6 Å². The first-order valence-corrected chi connectivity index (χ1v) is 8.26. The lowest BCUT2D eigenvalue weighted by Crippen LogP contribution is -2.23. The van der Waals surface area contributed by atoms with Crippen LogP contribution in [0.3, 0.4) is 0 Å². The summed E-state index contributed by atoms with van der Waals surface area (Å²) in [5.41, 5.74) is 2.16. The molecular weight excluding hydrogens is 310 g/mol. The summed E-state index contributed by atoms with van der Waals surface area (Å²) in [5, 5.41) is 5.02. The predicted octanol–water partition coefficient (Wildman–Crippen LogP) is 2.45. The summed E-state index contributed by atoms with van der Waals surface area (Å²) >= 11 is 5.86. The van der Waals surface area contributed by atoms with Gasteiger partial charge in [-0.25, -0.2) is 12.7 Å². The molecule has 0 spiro atoms. The summed E-state index contributed by atoms with van der Waals surface area (Å²) in [6, 6.07) is 7.41. The van der Waals surface area contributed by atoms with Crippen molar-refractivity contribution in [2.75, 3.05) is 14.1 Å². The monoisotopic (exact) mass is 327 g/mol. The molecule has 0 amide bonds. The summed E-state index contributed by atoms with van der Waals surface area (Å²) in [5.74, 6) is 0. The Morgan fingerprint density at radius 2 is 1.76 bits per heavy atom. The molecule has 21 heavy (non-hydrogen) atoms. The number of hydrogen-bond donors (Lipinski definition) is 0. The molecule has 2 rings (SSSR count). The highest BCUT2D eigenvalue weighted by Crippen LogP contribution is 2.22. The van der Waals surface area contributed by atoms with Crippen LogP contribution in [0.4, 0.5) is 0 Å². The number of hydrogen-bond acceptors (Lipinski definition) is 3. The van der Waals surface area contributed by atoms with Gasteiger partial charge in [0, 0.05) is 19.1 Å². The van der Waals surface area contributed by atoms with E-state index in [1.165, 1.54) is 18.4 Å². The molecule has 0 unspecified atom stereocenters. The van der Waals surface area contributed by atoms with Gasteiger partial charge >= 0.3 is 0 Å². The Bertz CT molecular complexity index is 749. The fourth-order valence-electron chi connectivity index (χ4n) is 2.15. The molecule has 0 aliphatic carbocycles. The zero-order valence-electron chi connectivity index (χ0n) is 12.5. The van der Waals surface area contributed by atoms with Crippen molar-refractivity contribution < 1.29 is 8.42 Å². The first kappa shape index (κ1) is 16.0. The van der Waals surface area contributed by atoms with Crippen molar-refractivity contribution in [3.8, 4) is 0 Å². The molecular formula is C14H18ClN3O2S. The second-order valence-electron chi connectivity index (χ2n) is 5.07. The lowest BCUT2D eigenvalue weighted by molar-refractivity contribution is 0.519. The Labute approximate surface area is 130 Å². The highest BCUT2D eigenvalue weighted by atomic mass is 35.5. The maximum Gasteiger partial charge on any atom is 0.246 e. The van der Waals surface area contributed by atoms with Gasteiger partial charge in [-0.1, -0.05) is 23.7 Å². The van der Waals surface area contributed by atoms with E-state index in [0.717, 1.165) is 5.56 Å². The van der Waals surface area contributed by atoms with E-state index in [-0.39, 0.29) is 4.90 Å². The molecule has 0 atom stereocenters. The molecule has 0 saturated carbocycles. The van der Waals surface area contributed by atoms with Crippen molar-refractivity contribution in [3.05, 3.63) is 46.2 Å². The SMILES string of the molecule is Cc1nn(Cc2ccc(Cl)cc2)c(C)c1S(=O)(=O)N(C)C. The van der Waals surface area contributed by atoms with Crippen molar-refractivity contribution in [2.24, 2.45) is 0 Å². The second-order valence-corrected chi connectivity index (χ2v) is 7.60. The molecule has 0 aliphatic rings. The minimum absolute atomic E-state index is 0.279. The van der Waals surface area contributed by atoms with E-state index < -0.39 is 10.0 Å². The first-order chi connectivity index (χ1) is 9.73. The average Bonchev–Trinajstić information content (AvgIpc) is 2.67. The van der Waals surface area contributed by atoms with E-state index in [1.807, 2.05) is 12.1 Å². The van der Waals surface area contributed by atoms with E-state index in [4.69, 9.17) is 11.6 Å². The predicted molar refractivity (Wildman–Crippen MR) is 83.1 cm³/mol. The third-order valence-corrected chi connectivity index (χ3v) is 5.62. The maximum atomic E-state index is 12.3. The summed E-state index contributed by atoms with van der Waals surface area (Å²) in [6.07, 6.45) is 0. The van der Waals surface area contributed by atoms with Gasteiger partial charge in [0.25, 0.3) is 0 Å². The molecule has 0 N–H and O–H groups in total. The minimum Gasteiger partial charge on any atom is -0.264 e. The number of nitrogens with zero attached hydrogens (tertiary/aromatic N) is 3. The highest BCUT2D eigenvalue weighted by molar-refractivity contribution is 7.89. The molecule has 0 radical (unpaired) electrons. The van der Waals surface area contributed by atoms with Gasteiger partial charge in [0.05, 0.1) is 17.9 Å². The number of aryl methyl sites for hydroxylation is 1. The fourth-order valence-corrected chi connectivity index (χ4v) is 3.54. The molecule has 7 heteroatoms. The summed E-state index contributed by atoms with van der Waals surface area (Å²) in [7, 11) is -0.450. The van der Waals surface area contributed by atoms with Gasteiger partial charge in [-0.15, -0.1) is 0 Å². The number of halogens is 1. The quantitative estimate of drug-likeness (QED) is 0.866. The van der Waals surface area contributed by atoms with E-state index in [1.54, 1.807) is 30.7 Å². The largest absolute Gasteiger partial charge is 0.264 e. The standard InChI is InChI=1S/C14H18ClN3O2S/c1-10-14(21(19,20)17(3)4)11(2)18(16-10)9-12-5-7-13(15)8-6-12/h5-8H,9H2,1-4H3. The Hall–Kier alpha value is -1.37. The van der Waals surface area contributed by atoms with Crippen molar-refractivity contribution in [3.63, 3.8) is 0 Å². The Kier molecular flexibility index (Phi) is 4.41. The number of aromatic nitrogens is 2. The van der Waals surface area contributed by atoms with Gasteiger partial charge in [0.1, 0.15) is 4.90 Å². The number of rotatable bonds is 4. The molecule has 0 saturated heterocycles. The molecule has 0 aliphatic heterocycles. The van der Waals surface area contributed by atoms with Gasteiger partial charge in [-0.2, -0.15) is 5.10 Å². The first-order valence-electron chi connectivity index (χ1n) is 6.44. The van der Waals surface area contributed by atoms with Crippen LogP contribution in [0.1, 0.15) is 17.0 Å². The van der Waals surface area contributed by atoms with Gasteiger partial charge in [-0.05, 0) is 31.5 Å². The van der Waals surface area contributed by atoms with Gasteiger partial charge in [-0.3, -0.25) is 4.68 Å². The smallest absolute Gasteiger partial charge is 0.246 e. The topological polar surface area (TPSA) is 55.2 Å². The molecule has 5 nitrogen and oxygen atoms in total.